The molecule has 126 valence electrons. The van der Waals surface area contributed by atoms with Crippen LogP contribution in [0, 0.1) is 23.0 Å². The Morgan fingerprint density at radius 3 is 2.61 bits per heavy atom. The molecular weight excluding hydrogens is 318 g/mol. The van der Waals surface area contributed by atoms with E-state index >= 15 is 0 Å². The van der Waals surface area contributed by atoms with Gasteiger partial charge in [-0.05, 0) is 31.7 Å². The highest BCUT2D eigenvalue weighted by atomic mass is 35.5. The number of nitro benzene ring substituents is 1. The summed E-state index contributed by atoms with van der Waals surface area (Å²) in [5, 5.41) is 14.2. The van der Waals surface area contributed by atoms with E-state index in [-0.39, 0.29) is 17.5 Å². The molecular formula is C16H22ClN3O3. The lowest BCUT2D eigenvalue weighted by Gasteiger charge is -2.34. The number of nitrogens with one attached hydrogen (secondary N) is 1. The number of nitro groups is 1. The average molecular weight is 340 g/mol. The Labute approximate surface area is 141 Å². The van der Waals surface area contributed by atoms with E-state index in [0.717, 1.165) is 43.6 Å². The molecule has 1 heterocycles. The van der Waals surface area contributed by atoms with Crippen LogP contribution in [-0.4, -0.2) is 30.5 Å². The summed E-state index contributed by atoms with van der Waals surface area (Å²) in [5.41, 5.74) is 1.63. The number of nitrogens with zero attached hydrogens (tertiary/aromatic N) is 2. The van der Waals surface area contributed by atoms with Crippen molar-refractivity contribution in [3.63, 3.8) is 0 Å². The van der Waals surface area contributed by atoms with Crippen LogP contribution in [0.5, 0.6) is 0 Å². The summed E-state index contributed by atoms with van der Waals surface area (Å²) in [4.78, 5) is 24.6. The van der Waals surface area contributed by atoms with Crippen molar-refractivity contribution >= 4 is 28.9 Å². The van der Waals surface area contributed by atoms with E-state index in [2.05, 4.69) is 10.2 Å². The number of aryl methyl sites for hydroxylation is 1. The third kappa shape index (κ3) is 4.13. The third-order valence-corrected chi connectivity index (χ3v) is 4.47. The van der Waals surface area contributed by atoms with Gasteiger partial charge in [0.25, 0.3) is 5.69 Å². The molecule has 0 atom stereocenters. The molecule has 0 unspecified atom stereocenters. The van der Waals surface area contributed by atoms with Gasteiger partial charge >= 0.3 is 0 Å². The Balaban J connectivity index is 2.06. The molecule has 7 heteroatoms. The Hall–Kier alpha value is -1.82. The number of carbonyl (C=O) groups excluding carboxylic acids is 1. The Bertz CT molecular complexity index is 575. The van der Waals surface area contributed by atoms with Crippen LogP contribution < -0.4 is 10.2 Å². The summed E-state index contributed by atoms with van der Waals surface area (Å²) in [5.74, 6) is 0.160. The van der Waals surface area contributed by atoms with Crippen molar-refractivity contribution in [1.82, 2.24) is 5.32 Å². The van der Waals surface area contributed by atoms with Crippen LogP contribution in [0.4, 0.5) is 11.4 Å². The predicted octanol–water partition coefficient (Wildman–Crippen LogP) is 3.30. The minimum atomic E-state index is -0.438. The lowest BCUT2D eigenvalue weighted by atomic mass is 9.95. The zero-order valence-corrected chi connectivity index (χ0v) is 14.2. The first-order chi connectivity index (χ1) is 10.9. The molecule has 0 aromatic heterocycles. The summed E-state index contributed by atoms with van der Waals surface area (Å²) < 4.78 is 0. The summed E-state index contributed by atoms with van der Waals surface area (Å²) >= 11 is 6.25. The quantitative estimate of drug-likeness (QED) is 0.659. The number of hydrogen-bond acceptors (Lipinski definition) is 4. The second-order valence-electron chi connectivity index (χ2n) is 5.90. The maximum atomic E-state index is 12.0. The first kappa shape index (κ1) is 17.5. The molecule has 0 bridgehead atoms. The van der Waals surface area contributed by atoms with Crippen molar-refractivity contribution in [2.24, 2.45) is 5.92 Å². The van der Waals surface area contributed by atoms with E-state index in [4.69, 9.17) is 11.6 Å². The highest BCUT2D eigenvalue weighted by molar-refractivity contribution is 6.33. The molecule has 0 radical (unpaired) electrons. The van der Waals surface area contributed by atoms with Crippen molar-refractivity contribution in [3.05, 3.63) is 32.8 Å². The number of halogens is 1. The fourth-order valence-electron chi connectivity index (χ4n) is 2.98. The zero-order valence-electron chi connectivity index (χ0n) is 13.5. The van der Waals surface area contributed by atoms with Crippen molar-refractivity contribution in [2.75, 3.05) is 24.5 Å². The fourth-order valence-corrected chi connectivity index (χ4v) is 3.36. The van der Waals surface area contributed by atoms with E-state index < -0.39 is 4.92 Å². The molecule has 0 saturated carbocycles. The minimum absolute atomic E-state index is 0.00470. The number of benzene rings is 1. The van der Waals surface area contributed by atoms with E-state index in [1.165, 1.54) is 6.07 Å². The second kappa shape index (κ2) is 7.64. The normalized spacial score (nSPS) is 15.5. The van der Waals surface area contributed by atoms with Gasteiger partial charge in [0.1, 0.15) is 0 Å². The number of amides is 1. The molecule has 1 aromatic carbocycles. The van der Waals surface area contributed by atoms with Gasteiger partial charge in [0.05, 0.1) is 15.6 Å². The Morgan fingerprint density at radius 1 is 1.43 bits per heavy atom. The average Bonchev–Trinajstić information content (AvgIpc) is 2.52. The lowest BCUT2D eigenvalue weighted by molar-refractivity contribution is -0.384. The number of anilines is 1. The Kier molecular flexibility index (Phi) is 5.82. The molecule has 6 nitrogen and oxygen atoms in total. The predicted molar refractivity (Wildman–Crippen MR) is 91.1 cm³/mol. The van der Waals surface area contributed by atoms with Gasteiger partial charge in [-0.1, -0.05) is 18.5 Å². The number of carbonyl (C=O) groups is 1. The van der Waals surface area contributed by atoms with Crippen LogP contribution in [-0.2, 0) is 4.79 Å². The first-order valence-corrected chi connectivity index (χ1v) is 8.29. The monoisotopic (exact) mass is 339 g/mol. The van der Waals surface area contributed by atoms with Gasteiger partial charge in [-0.15, -0.1) is 0 Å². The molecule has 23 heavy (non-hydrogen) atoms. The molecule has 1 fully saturated rings. The number of piperidine rings is 1. The molecule has 1 saturated heterocycles. The van der Waals surface area contributed by atoms with Crippen molar-refractivity contribution < 1.29 is 9.72 Å². The van der Waals surface area contributed by atoms with Gasteiger partial charge in [-0.25, -0.2) is 0 Å². The number of non-ortho nitro benzene ring substituents is 1. The van der Waals surface area contributed by atoms with E-state index in [9.17, 15) is 14.9 Å². The molecule has 0 aliphatic carbocycles. The smallest absolute Gasteiger partial charge is 0.271 e. The van der Waals surface area contributed by atoms with Crippen LogP contribution >= 0.6 is 11.6 Å². The van der Waals surface area contributed by atoms with Crippen LogP contribution in [0.25, 0.3) is 0 Å². The maximum Gasteiger partial charge on any atom is 0.271 e. The molecule has 2 rings (SSSR count). The molecule has 1 aliphatic rings. The van der Waals surface area contributed by atoms with Gasteiger partial charge in [0.15, 0.2) is 0 Å². The summed E-state index contributed by atoms with van der Waals surface area (Å²) in [6, 6.07) is 2.94. The van der Waals surface area contributed by atoms with Gasteiger partial charge in [-0.3, -0.25) is 14.9 Å². The zero-order chi connectivity index (χ0) is 17.0. The van der Waals surface area contributed by atoms with Crippen LogP contribution in [0.15, 0.2) is 12.1 Å². The molecule has 0 spiro atoms. The van der Waals surface area contributed by atoms with E-state index in [1.807, 2.05) is 13.8 Å². The fraction of sp³-hybridized carbons (Fsp3) is 0.562. The number of hydrogen-bond donors (Lipinski definition) is 1. The molecule has 1 amide bonds. The van der Waals surface area contributed by atoms with Crippen molar-refractivity contribution in [2.45, 2.75) is 33.1 Å². The summed E-state index contributed by atoms with van der Waals surface area (Å²) in [7, 11) is 0. The highest BCUT2D eigenvalue weighted by Crippen LogP contribution is 2.35. The van der Waals surface area contributed by atoms with E-state index in [0.29, 0.717) is 11.6 Å². The van der Waals surface area contributed by atoms with Gasteiger partial charge in [0.2, 0.25) is 5.91 Å². The SMILES string of the molecule is CCCNC(=O)C1CCN(c2c(C)cc([N+](=O)[O-])cc2Cl)CC1. The highest BCUT2D eigenvalue weighted by Gasteiger charge is 2.27. The first-order valence-electron chi connectivity index (χ1n) is 7.91. The maximum absolute atomic E-state index is 12.0. The summed E-state index contributed by atoms with van der Waals surface area (Å²) in [6.07, 6.45) is 2.47. The van der Waals surface area contributed by atoms with E-state index in [1.54, 1.807) is 6.07 Å². The van der Waals surface area contributed by atoms with Gasteiger partial charge < -0.3 is 10.2 Å². The number of rotatable bonds is 5. The van der Waals surface area contributed by atoms with Crippen LogP contribution in [0.2, 0.25) is 5.02 Å². The summed E-state index contributed by atoms with van der Waals surface area (Å²) in [6.45, 7) is 6.02. The molecule has 1 N–H and O–H groups in total. The third-order valence-electron chi connectivity index (χ3n) is 4.18. The standard InChI is InChI=1S/C16H22ClN3O3/c1-3-6-18-16(21)12-4-7-19(8-5-12)15-11(2)9-13(20(22)23)10-14(15)17/h9-10,12H,3-8H2,1-2H3,(H,18,21). The van der Waals surface area contributed by atoms with Gasteiger partial charge in [0, 0.05) is 37.7 Å². The Morgan fingerprint density at radius 2 is 2.09 bits per heavy atom. The molecule has 1 aromatic rings. The van der Waals surface area contributed by atoms with Gasteiger partial charge in [-0.2, -0.15) is 0 Å². The largest absolute Gasteiger partial charge is 0.370 e. The second-order valence-corrected chi connectivity index (χ2v) is 6.31. The topological polar surface area (TPSA) is 75.5 Å². The van der Waals surface area contributed by atoms with Crippen LogP contribution in [0.3, 0.4) is 0 Å². The van der Waals surface area contributed by atoms with Crippen molar-refractivity contribution in [1.29, 1.82) is 0 Å². The lowest BCUT2D eigenvalue weighted by Crippen LogP contribution is -2.41. The van der Waals surface area contributed by atoms with Crippen LogP contribution in [0.1, 0.15) is 31.7 Å². The molecule has 1 aliphatic heterocycles. The minimum Gasteiger partial charge on any atom is -0.370 e. The van der Waals surface area contributed by atoms with Crippen molar-refractivity contribution in [3.8, 4) is 0 Å².